The molecule has 0 heterocycles. The number of hydrogen-bond acceptors (Lipinski definition) is 5. The van der Waals surface area contributed by atoms with E-state index in [0.29, 0.717) is 30.8 Å². The summed E-state index contributed by atoms with van der Waals surface area (Å²) in [5.74, 6) is 8.10. The zero-order chi connectivity index (χ0) is 15.6. The number of hydrogen-bond donors (Lipinski definition) is 2. The summed E-state index contributed by atoms with van der Waals surface area (Å²) >= 11 is 0. The van der Waals surface area contributed by atoms with E-state index in [2.05, 4.69) is 20.8 Å². The summed E-state index contributed by atoms with van der Waals surface area (Å²) in [4.78, 5) is 10.3. The van der Waals surface area contributed by atoms with Crippen LogP contribution in [0.15, 0.2) is 11.4 Å². The third kappa shape index (κ3) is 4.13. The van der Waals surface area contributed by atoms with E-state index in [1.807, 2.05) is 5.01 Å². The van der Waals surface area contributed by atoms with Crippen molar-refractivity contribution in [1.82, 2.24) is 5.01 Å². The smallest absolute Gasteiger partial charge is 0.293 e. The first-order valence-corrected chi connectivity index (χ1v) is 7.88. The third-order valence-electron chi connectivity index (χ3n) is 4.69. The van der Waals surface area contributed by atoms with Gasteiger partial charge in [0.05, 0.1) is 6.61 Å². The molecule has 2 aliphatic carbocycles. The van der Waals surface area contributed by atoms with Gasteiger partial charge in [-0.15, -0.1) is 0 Å². The summed E-state index contributed by atoms with van der Waals surface area (Å²) in [6.45, 7) is 8.44. The average molecular weight is 295 g/mol. The van der Waals surface area contributed by atoms with Crippen LogP contribution in [0.3, 0.4) is 0 Å². The minimum atomic E-state index is 0.146. The zero-order valence-electron chi connectivity index (χ0n) is 13.5. The lowest BCUT2D eigenvalue weighted by Crippen LogP contribution is -2.39. The zero-order valence-corrected chi connectivity index (χ0v) is 13.5. The third-order valence-corrected chi connectivity index (χ3v) is 4.69. The van der Waals surface area contributed by atoms with Gasteiger partial charge < -0.3 is 15.5 Å². The van der Waals surface area contributed by atoms with Gasteiger partial charge in [0.25, 0.3) is 6.47 Å². The fraction of sp³-hybridized carbons (Fsp3) is 0.812. The molecule has 0 spiro atoms. The van der Waals surface area contributed by atoms with E-state index in [4.69, 9.17) is 16.3 Å². The molecule has 0 aromatic carbocycles. The molecule has 5 nitrogen and oxygen atoms in total. The van der Waals surface area contributed by atoms with Gasteiger partial charge in [0.15, 0.2) is 0 Å². The number of ether oxygens (including phenoxy) is 1. The lowest BCUT2D eigenvalue weighted by molar-refractivity contribution is -0.129. The van der Waals surface area contributed by atoms with Gasteiger partial charge in [-0.2, -0.15) is 0 Å². The van der Waals surface area contributed by atoms with Gasteiger partial charge in [-0.1, -0.05) is 20.8 Å². The molecule has 2 rings (SSSR count). The van der Waals surface area contributed by atoms with Gasteiger partial charge in [0.2, 0.25) is 0 Å². The Hall–Kier alpha value is -1.23. The quantitative estimate of drug-likeness (QED) is 0.460. The van der Waals surface area contributed by atoms with Crippen molar-refractivity contribution in [1.29, 1.82) is 0 Å². The Morgan fingerprint density at radius 3 is 2.48 bits per heavy atom. The topological polar surface area (TPSA) is 81.6 Å². The number of nitrogens with zero attached hydrogens (tertiary/aromatic N) is 1. The summed E-state index contributed by atoms with van der Waals surface area (Å²) in [6, 6.07) is 0. The number of hydrazine groups is 1. The number of carbonyl (C=O) groups is 1. The molecule has 0 saturated heterocycles. The molecule has 2 aliphatic rings. The van der Waals surface area contributed by atoms with Crippen molar-refractivity contribution < 1.29 is 9.53 Å². The van der Waals surface area contributed by atoms with Crippen molar-refractivity contribution >= 4 is 6.47 Å². The molecule has 0 amide bonds. The predicted molar refractivity (Wildman–Crippen MR) is 82.5 cm³/mol. The van der Waals surface area contributed by atoms with Gasteiger partial charge in [0, 0.05) is 17.9 Å². The number of nitrogens with two attached hydrogens (primary N) is 2. The summed E-state index contributed by atoms with van der Waals surface area (Å²) in [5.41, 5.74) is 8.45. The van der Waals surface area contributed by atoms with Crippen LogP contribution in [0.2, 0.25) is 0 Å². The summed E-state index contributed by atoms with van der Waals surface area (Å²) in [7, 11) is 0. The van der Waals surface area contributed by atoms with Crippen LogP contribution in [0.5, 0.6) is 0 Å². The van der Waals surface area contributed by atoms with Gasteiger partial charge in [0.1, 0.15) is 0 Å². The van der Waals surface area contributed by atoms with Crippen molar-refractivity contribution in [3.63, 3.8) is 0 Å². The Labute approximate surface area is 127 Å². The van der Waals surface area contributed by atoms with Crippen LogP contribution in [0.25, 0.3) is 0 Å². The molecule has 21 heavy (non-hydrogen) atoms. The second kappa shape index (κ2) is 6.26. The van der Waals surface area contributed by atoms with Crippen LogP contribution in [-0.4, -0.2) is 24.6 Å². The van der Waals surface area contributed by atoms with Crippen molar-refractivity contribution in [3.8, 4) is 0 Å². The van der Waals surface area contributed by atoms with E-state index >= 15 is 0 Å². The second-order valence-electron chi connectivity index (χ2n) is 7.66. The number of fused-ring (bicyclic) bond motifs is 1. The van der Waals surface area contributed by atoms with Crippen LogP contribution >= 0.6 is 0 Å². The van der Waals surface area contributed by atoms with E-state index < -0.39 is 0 Å². The summed E-state index contributed by atoms with van der Waals surface area (Å²) in [6.07, 6.45) is 3.99. The SMILES string of the molecule is CC(C)(C)CN(N)/C1=C(\N)CCC2C(CC1)[C@H]2COC=O. The fourth-order valence-electron chi connectivity index (χ4n) is 3.64. The van der Waals surface area contributed by atoms with Gasteiger partial charge in [-0.05, 0) is 48.9 Å². The Bertz CT molecular complexity index is 414. The molecule has 0 radical (unpaired) electrons. The van der Waals surface area contributed by atoms with E-state index in [1.165, 1.54) is 0 Å². The second-order valence-corrected chi connectivity index (χ2v) is 7.66. The molecule has 0 aromatic rings. The summed E-state index contributed by atoms with van der Waals surface area (Å²) < 4.78 is 4.94. The molecule has 1 saturated carbocycles. The van der Waals surface area contributed by atoms with E-state index in [1.54, 1.807) is 0 Å². The summed E-state index contributed by atoms with van der Waals surface area (Å²) in [5, 5.41) is 1.84. The van der Waals surface area contributed by atoms with Crippen LogP contribution < -0.4 is 11.6 Å². The molecule has 1 fully saturated rings. The Morgan fingerprint density at radius 1 is 1.29 bits per heavy atom. The molecule has 0 aromatic heterocycles. The molecule has 3 atom stereocenters. The molecule has 0 bridgehead atoms. The molecular formula is C16H29N3O2. The van der Waals surface area contributed by atoms with Gasteiger partial charge in [-0.3, -0.25) is 4.79 Å². The van der Waals surface area contributed by atoms with E-state index in [9.17, 15) is 4.79 Å². The highest BCUT2D eigenvalue weighted by atomic mass is 16.5. The largest absolute Gasteiger partial charge is 0.468 e. The maximum atomic E-state index is 10.3. The Balaban J connectivity index is 1.96. The predicted octanol–water partition coefficient (Wildman–Crippen LogP) is 1.99. The van der Waals surface area contributed by atoms with Crippen LogP contribution in [0, 0.1) is 23.2 Å². The molecule has 0 aliphatic heterocycles. The fourth-order valence-corrected chi connectivity index (χ4v) is 3.64. The highest BCUT2D eigenvalue weighted by Crippen LogP contribution is 2.53. The average Bonchev–Trinajstić information content (AvgIpc) is 3.00. The Morgan fingerprint density at radius 2 is 1.90 bits per heavy atom. The van der Waals surface area contributed by atoms with Crippen LogP contribution in [-0.2, 0) is 9.53 Å². The van der Waals surface area contributed by atoms with Gasteiger partial charge in [-0.25, -0.2) is 5.84 Å². The van der Waals surface area contributed by atoms with E-state index in [-0.39, 0.29) is 5.41 Å². The molecular weight excluding hydrogens is 266 g/mol. The normalized spacial score (nSPS) is 32.7. The molecule has 120 valence electrons. The van der Waals surface area contributed by atoms with Crippen molar-refractivity contribution in [2.45, 2.75) is 46.5 Å². The van der Waals surface area contributed by atoms with Crippen molar-refractivity contribution in [3.05, 3.63) is 11.4 Å². The minimum absolute atomic E-state index is 0.146. The lowest BCUT2D eigenvalue weighted by atomic mass is 9.95. The monoisotopic (exact) mass is 295 g/mol. The van der Waals surface area contributed by atoms with Crippen molar-refractivity contribution in [2.24, 2.45) is 34.7 Å². The maximum Gasteiger partial charge on any atom is 0.293 e. The standard InChI is InChI=1S/C16H29N3O2/c1-16(2,3)9-19(18)15-7-5-12-11(4-6-14(15)17)13(12)8-21-10-20/h10-13H,4-9,17-18H2,1-3H3/b15-14-/t11?,12?,13-/m0/s1. The number of carbonyl (C=O) groups excluding carboxylic acids is 1. The lowest BCUT2D eigenvalue weighted by Gasteiger charge is -2.31. The highest BCUT2D eigenvalue weighted by Gasteiger charge is 2.49. The molecule has 5 heteroatoms. The first-order valence-electron chi connectivity index (χ1n) is 7.88. The van der Waals surface area contributed by atoms with E-state index in [0.717, 1.165) is 43.6 Å². The Kier molecular flexibility index (Phi) is 4.81. The highest BCUT2D eigenvalue weighted by molar-refractivity contribution is 5.37. The maximum absolute atomic E-state index is 10.3. The number of allylic oxidation sites excluding steroid dienone is 2. The first kappa shape index (κ1) is 16.1. The van der Waals surface area contributed by atoms with Crippen molar-refractivity contribution in [2.75, 3.05) is 13.2 Å². The minimum Gasteiger partial charge on any atom is -0.468 e. The molecule has 4 N–H and O–H groups in total. The molecule has 2 unspecified atom stereocenters. The first-order chi connectivity index (χ1) is 9.83. The van der Waals surface area contributed by atoms with Crippen LogP contribution in [0.1, 0.15) is 46.5 Å². The van der Waals surface area contributed by atoms with Gasteiger partial charge >= 0.3 is 0 Å². The number of rotatable bonds is 5. The van der Waals surface area contributed by atoms with Crippen LogP contribution in [0.4, 0.5) is 0 Å².